The molecule has 0 radical (unpaired) electrons. The van der Waals surface area contributed by atoms with Gasteiger partial charge in [0, 0.05) is 24.9 Å². The number of methoxy groups -OCH3 is 1. The zero-order valence-electron chi connectivity index (χ0n) is 12.8. The van der Waals surface area contributed by atoms with Crippen molar-refractivity contribution in [3.63, 3.8) is 0 Å². The maximum atomic E-state index is 12.0. The highest BCUT2D eigenvalue weighted by molar-refractivity contribution is 7.88. The molecule has 0 aliphatic heterocycles. The molecule has 0 unspecified atom stereocenters. The molecule has 0 aliphatic rings. The lowest BCUT2D eigenvalue weighted by Crippen LogP contribution is -2.39. The zero-order chi connectivity index (χ0) is 16.8. The van der Waals surface area contributed by atoms with Crippen molar-refractivity contribution in [3.05, 3.63) is 29.8 Å². The average Bonchev–Trinajstić information content (AvgIpc) is 2.42. The van der Waals surface area contributed by atoms with E-state index in [9.17, 15) is 18.0 Å². The molecule has 1 rings (SSSR count). The molecule has 122 valence electrons. The fraction of sp³-hybridized carbons (Fsp3) is 0.429. The summed E-state index contributed by atoms with van der Waals surface area (Å²) in [5, 5.41) is 2.58. The number of ether oxygens (including phenoxy) is 1. The van der Waals surface area contributed by atoms with Gasteiger partial charge in [0.2, 0.25) is 15.9 Å². The van der Waals surface area contributed by atoms with Gasteiger partial charge in [-0.3, -0.25) is 9.59 Å². The molecule has 0 aliphatic carbocycles. The summed E-state index contributed by atoms with van der Waals surface area (Å²) < 4.78 is 29.1. The van der Waals surface area contributed by atoms with Crippen LogP contribution in [-0.4, -0.2) is 57.5 Å². The summed E-state index contributed by atoms with van der Waals surface area (Å²) in [6.45, 7) is 1.40. The Bertz CT molecular complexity index is 642. The molecule has 22 heavy (non-hydrogen) atoms. The molecular formula is C14H20N2O5S. The second kappa shape index (κ2) is 8.02. The topological polar surface area (TPSA) is 92.8 Å². The molecule has 1 aromatic rings. The summed E-state index contributed by atoms with van der Waals surface area (Å²) in [7, 11) is -2.06. The van der Waals surface area contributed by atoms with Crippen LogP contribution in [0.2, 0.25) is 0 Å². The minimum Gasteiger partial charge on any atom is -0.383 e. The van der Waals surface area contributed by atoms with Crippen LogP contribution in [0.4, 0.5) is 5.69 Å². The van der Waals surface area contributed by atoms with E-state index in [1.807, 2.05) is 0 Å². The highest BCUT2D eigenvalue weighted by Gasteiger charge is 2.19. The minimum atomic E-state index is -3.51. The summed E-state index contributed by atoms with van der Waals surface area (Å²) in [5.74, 6) is -0.601. The summed E-state index contributed by atoms with van der Waals surface area (Å²) in [6, 6.07) is 6.45. The third-order valence-electron chi connectivity index (χ3n) is 2.89. The van der Waals surface area contributed by atoms with Crippen LogP contribution >= 0.6 is 0 Å². The van der Waals surface area contributed by atoms with Crippen molar-refractivity contribution in [1.82, 2.24) is 4.31 Å². The van der Waals surface area contributed by atoms with E-state index in [1.54, 1.807) is 24.3 Å². The monoisotopic (exact) mass is 328 g/mol. The lowest BCUT2D eigenvalue weighted by molar-refractivity contribution is -0.116. The van der Waals surface area contributed by atoms with Crippen LogP contribution in [-0.2, 0) is 19.6 Å². The lowest BCUT2D eigenvalue weighted by atomic mass is 10.1. The summed E-state index contributed by atoms with van der Waals surface area (Å²) >= 11 is 0. The Morgan fingerprint density at radius 1 is 1.32 bits per heavy atom. The Kier molecular flexibility index (Phi) is 6.66. The van der Waals surface area contributed by atoms with Gasteiger partial charge in [0.1, 0.15) is 0 Å². The van der Waals surface area contributed by atoms with E-state index in [4.69, 9.17) is 4.74 Å². The second-order valence-electron chi connectivity index (χ2n) is 4.77. The van der Waals surface area contributed by atoms with Gasteiger partial charge in [-0.1, -0.05) is 12.1 Å². The van der Waals surface area contributed by atoms with Crippen molar-refractivity contribution in [1.29, 1.82) is 0 Å². The van der Waals surface area contributed by atoms with Gasteiger partial charge in [0.05, 0.1) is 19.4 Å². The van der Waals surface area contributed by atoms with Crippen molar-refractivity contribution >= 4 is 27.4 Å². The number of ketones is 1. The molecule has 0 saturated carbocycles. The predicted molar refractivity (Wildman–Crippen MR) is 83.4 cm³/mol. The SMILES string of the molecule is COCCN(CC(=O)Nc1cccc(C(C)=O)c1)S(C)(=O)=O. The van der Waals surface area contributed by atoms with Gasteiger partial charge >= 0.3 is 0 Å². The quantitative estimate of drug-likeness (QED) is 0.710. The third-order valence-corrected chi connectivity index (χ3v) is 4.14. The lowest BCUT2D eigenvalue weighted by Gasteiger charge is -2.19. The molecule has 0 heterocycles. The first-order valence-corrected chi connectivity index (χ1v) is 8.44. The Balaban J connectivity index is 2.75. The van der Waals surface area contributed by atoms with Crippen molar-refractivity contribution in [2.24, 2.45) is 0 Å². The van der Waals surface area contributed by atoms with Crippen LogP contribution in [0.25, 0.3) is 0 Å². The maximum Gasteiger partial charge on any atom is 0.239 e. The average molecular weight is 328 g/mol. The molecule has 8 heteroatoms. The molecule has 0 spiro atoms. The molecule has 0 bridgehead atoms. The normalized spacial score (nSPS) is 11.5. The van der Waals surface area contributed by atoms with E-state index < -0.39 is 15.9 Å². The highest BCUT2D eigenvalue weighted by atomic mass is 32.2. The number of anilines is 1. The first-order chi connectivity index (χ1) is 10.2. The number of nitrogens with zero attached hydrogens (tertiary/aromatic N) is 1. The number of Topliss-reactive ketones (excluding diaryl/α,β-unsaturated/α-hetero) is 1. The van der Waals surface area contributed by atoms with E-state index in [2.05, 4.69) is 5.32 Å². The molecule has 0 atom stereocenters. The zero-order valence-corrected chi connectivity index (χ0v) is 13.6. The Hall–Kier alpha value is -1.77. The van der Waals surface area contributed by atoms with Crippen molar-refractivity contribution in [2.45, 2.75) is 6.92 Å². The Labute approximate surface area is 130 Å². The van der Waals surface area contributed by atoms with Crippen molar-refractivity contribution in [2.75, 3.05) is 38.4 Å². The fourth-order valence-electron chi connectivity index (χ4n) is 1.73. The number of amides is 1. The van der Waals surface area contributed by atoms with E-state index >= 15 is 0 Å². The molecule has 1 amide bonds. The van der Waals surface area contributed by atoms with Crippen LogP contribution in [0, 0.1) is 0 Å². The number of rotatable bonds is 8. The smallest absolute Gasteiger partial charge is 0.239 e. The molecule has 0 fully saturated rings. The summed E-state index contributed by atoms with van der Waals surface area (Å²) in [5.41, 5.74) is 0.912. The standard InChI is InChI=1S/C14H20N2O5S/c1-11(17)12-5-4-6-13(9-12)15-14(18)10-16(7-8-21-2)22(3,19)20/h4-6,9H,7-8,10H2,1-3H3,(H,15,18). The maximum absolute atomic E-state index is 12.0. The number of nitrogens with one attached hydrogen (secondary N) is 1. The highest BCUT2D eigenvalue weighted by Crippen LogP contribution is 2.11. The van der Waals surface area contributed by atoms with Crippen molar-refractivity contribution < 1.29 is 22.7 Å². The minimum absolute atomic E-state index is 0.0935. The number of hydrogen-bond donors (Lipinski definition) is 1. The van der Waals surface area contributed by atoms with E-state index in [0.29, 0.717) is 11.3 Å². The van der Waals surface area contributed by atoms with Gasteiger partial charge in [0.15, 0.2) is 5.78 Å². The van der Waals surface area contributed by atoms with Gasteiger partial charge in [0.25, 0.3) is 0 Å². The fourth-order valence-corrected chi connectivity index (χ4v) is 2.49. The molecule has 0 saturated heterocycles. The van der Waals surface area contributed by atoms with Crippen LogP contribution in [0.3, 0.4) is 0 Å². The Morgan fingerprint density at radius 2 is 2.00 bits per heavy atom. The first kappa shape index (κ1) is 18.3. The predicted octanol–water partition coefficient (Wildman–Crippen LogP) is 0.736. The van der Waals surface area contributed by atoms with E-state index in [1.165, 1.54) is 14.0 Å². The second-order valence-corrected chi connectivity index (χ2v) is 6.76. The number of carbonyl (C=O) groups is 2. The summed E-state index contributed by atoms with van der Waals surface area (Å²) in [6.07, 6.45) is 1.03. The van der Waals surface area contributed by atoms with Gasteiger partial charge in [-0.05, 0) is 19.1 Å². The van der Waals surface area contributed by atoms with Gasteiger partial charge in [-0.25, -0.2) is 8.42 Å². The summed E-state index contributed by atoms with van der Waals surface area (Å²) in [4.78, 5) is 23.3. The van der Waals surface area contributed by atoms with Crippen LogP contribution < -0.4 is 5.32 Å². The molecule has 1 aromatic carbocycles. The van der Waals surface area contributed by atoms with Crippen molar-refractivity contribution in [3.8, 4) is 0 Å². The largest absolute Gasteiger partial charge is 0.383 e. The molecule has 0 aromatic heterocycles. The van der Waals surface area contributed by atoms with E-state index in [0.717, 1.165) is 10.6 Å². The van der Waals surface area contributed by atoms with Gasteiger partial charge in [-0.15, -0.1) is 0 Å². The molecule has 7 nitrogen and oxygen atoms in total. The van der Waals surface area contributed by atoms with E-state index in [-0.39, 0.29) is 25.5 Å². The number of benzene rings is 1. The first-order valence-electron chi connectivity index (χ1n) is 6.59. The number of hydrogen-bond acceptors (Lipinski definition) is 5. The number of sulfonamides is 1. The molecule has 1 N–H and O–H groups in total. The van der Waals surface area contributed by atoms with Crippen LogP contribution in [0.5, 0.6) is 0 Å². The molecular weight excluding hydrogens is 308 g/mol. The van der Waals surface area contributed by atoms with Gasteiger partial charge in [-0.2, -0.15) is 4.31 Å². The Morgan fingerprint density at radius 3 is 2.55 bits per heavy atom. The van der Waals surface area contributed by atoms with Crippen LogP contribution in [0.1, 0.15) is 17.3 Å². The van der Waals surface area contributed by atoms with Crippen LogP contribution in [0.15, 0.2) is 24.3 Å². The number of carbonyl (C=O) groups excluding carboxylic acids is 2. The van der Waals surface area contributed by atoms with Gasteiger partial charge < -0.3 is 10.1 Å². The third kappa shape index (κ3) is 5.92.